The van der Waals surface area contributed by atoms with Gasteiger partial charge in [-0.25, -0.2) is 4.79 Å². The highest BCUT2D eigenvalue weighted by atomic mass is 32.2. The number of carbonyl (C=O) groups is 2. The number of hydrogen-bond donors (Lipinski definition) is 0. The number of thioether (sulfide) groups is 1. The standard InChI is InChI=1S/C11H19NO5S/c1-15-5-6-18-8-10(13)12-3-4-17-9(7-12)11(14)16-2/h9H,3-8H2,1-2H3. The fourth-order valence-corrected chi connectivity index (χ4v) is 2.33. The van der Waals surface area contributed by atoms with Gasteiger partial charge in [0, 0.05) is 19.4 Å². The number of esters is 1. The average Bonchev–Trinajstić information content (AvgIpc) is 2.42. The molecule has 0 aromatic rings. The molecular formula is C11H19NO5S. The van der Waals surface area contributed by atoms with Gasteiger partial charge in [0.05, 0.1) is 32.6 Å². The number of nitrogens with zero attached hydrogens (tertiary/aromatic N) is 1. The van der Waals surface area contributed by atoms with Crippen molar-refractivity contribution in [3.8, 4) is 0 Å². The van der Waals surface area contributed by atoms with Gasteiger partial charge in [-0.15, -0.1) is 11.8 Å². The van der Waals surface area contributed by atoms with Gasteiger partial charge in [0.2, 0.25) is 5.91 Å². The Morgan fingerprint density at radius 1 is 1.44 bits per heavy atom. The maximum atomic E-state index is 11.9. The van der Waals surface area contributed by atoms with Crippen LogP contribution in [0.5, 0.6) is 0 Å². The lowest BCUT2D eigenvalue weighted by atomic mass is 10.2. The maximum Gasteiger partial charge on any atom is 0.336 e. The summed E-state index contributed by atoms with van der Waals surface area (Å²) in [6.45, 7) is 1.80. The van der Waals surface area contributed by atoms with Gasteiger partial charge >= 0.3 is 5.97 Å². The Hall–Kier alpha value is -0.790. The highest BCUT2D eigenvalue weighted by Gasteiger charge is 2.29. The lowest BCUT2D eigenvalue weighted by molar-refractivity contribution is -0.161. The van der Waals surface area contributed by atoms with E-state index in [4.69, 9.17) is 9.47 Å². The summed E-state index contributed by atoms with van der Waals surface area (Å²) < 4.78 is 14.8. The van der Waals surface area contributed by atoms with Crippen LogP contribution in [0.1, 0.15) is 0 Å². The van der Waals surface area contributed by atoms with E-state index in [9.17, 15) is 9.59 Å². The molecule has 0 aliphatic carbocycles. The molecule has 6 nitrogen and oxygen atoms in total. The number of amides is 1. The van der Waals surface area contributed by atoms with Crippen LogP contribution < -0.4 is 0 Å². The molecule has 0 aromatic carbocycles. The van der Waals surface area contributed by atoms with Crippen LogP contribution in [0, 0.1) is 0 Å². The van der Waals surface area contributed by atoms with Gasteiger partial charge in [0.25, 0.3) is 0 Å². The molecule has 18 heavy (non-hydrogen) atoms. The van der Waals surface area contributed by atoms with Crippen molar-refractivity contribution in [1.29, 1.82) is 0 Å². The molecule has 7 heteroatoms. The van der Waals surface area contributed by atoms with Gasteiger partial charge in [-0.3, -0.25) is 4.79 Å². The molecule has 0 radical (unpaired) electrons. The van der Waals surface area contributed by atoms with Gasteiger partial charge in [0.15, 0.2) is 6.10 Å². The van der Waals surface area contributed by atoms with Crippen molar-refractivity contribution in [2.75, 3.05) is 52.0 Å². The van der Waals surface area contributed by atoms with Crippen LogP contribution in [0.4, 0.5) is 0 Å². The smallest absolute Gasteiger partial charge is 0.336 e. The minimum atomic E-state index is -0.656. The minimum absolute atomic E-state index is 0.0216. The van der Waals surface area contributed by atoms with Crippen LogP contribution >= 0.6 is 11.8 Å². The van der Waals surface area contributed by atoms with Crippen molar-refractivity contribution in [2.24, 2.45) is 0 Å². The van der Waals surface area contributed by atoms with Crippen molar-refractivity contribution in [3.63, 3.8) is 0 Å². The molecule has 0 spiro atoms. The summed E-state index contributed by atoms with van der Waals surface area (Å²) in [7, 11) is 2.94. The summed E-state index contributed by atoms with van der Waals surface area (Å²) in [5, 5.41) is 0. The first-order valence-electron chi connectivity index (χ1n) is 5.73. The molecule has 1 atom stereocenters. The van der Waals surface area contributed by atoms with Gasteiger partial charge in [-0.05, 0) is 0 Å². The van der Waals surface area contributed by atoms with Gasteiger partial charge in [0.1, 0.15) is 0 Å². The number of morpholine rings is 1. The molecule has 104 valence electrons. The number of rotatable bonds is 6. The predicted octanol–water partition coefficient (Wildman–Crippen LogP) is -0.234. The Bertz CT molecular complexity index is 287. The minimum Gasteiger partial charge on any atom is -0.467 e. The number of carbonyl (C=O) groups excluding carboxylic acids is 2. The van der Waals surface area contributed by atoms with Gasteiger partial charge in [-0.2, -0.15) is 0 Å². The quantitative estimate of drug-likeness (QED) is 0.493. The lowest BCUT2D eigenvalue weighted by Crippen LogP contribution is -2.49. The van der Waals surface area contributed by atoms with Crippen LogP contribution in [0.25, 0.3) is 0 Å². The zero-order valence-corrected chi connectivity index (χ0v) is 11.5. The first-order chi connectivity index (χ1) is 8.69. The largest absolute Gasteiger partial charge is 0.467 e. The van der Waals surface area contributed by atoms with Gasteiger partial charge in [-0.1, -0.05) is 0 Å². The number of hydrogen-bond acceptors (Lipinski definition) is 6. The zero-order valence-electron chi connectivity index (χ0n) is 10.7. The van der Waals surface area contributed by atoms with Crippen LogP contribution in [0.3, 0.4) is 0 Å². The van der Waals surface area contributed by atoms with E-state index in [1.54, 1.807) is 12.0 Å². The third kappa shape index (κ3) is 4.83. The Morgan fingerprint density at radius 3 is 2.89 bits per heavy atom. The second kappa shape index (κ2) is 8.34. The predicted molar refractivity (Wildman–Crippen MR) is 67.5 cm³/mol. The van der Waals surface area contributed by atoms with E-state index < -0.39 is 12.1 Å². The van der Waals surface area contributed by atoms with Crippen molar-refractivity contribution in [3.05, 3.63) is 0 Å². The summed E-state index contributed by atoms with van der Waals surface area (Å²) >= 11 is 1.52. The van der Waals surface area contributed by atoms with Crippen LogP contribution in [-0.2, 0) is 23.8 Å². The normalized spacial score (nSPS) is 19.7. The van der Waals surface area contributed by atoms with Crippen LogP contribution in [-0.4, -0.2) is 74.9 Å². The Balaban J connectivity index is 2.31. The molecule has 1 heterocycles. The molecule has 0 N–H and O–H groups in total. The summed E-state index contributed by atoms with van der Waals surface area (Å²) in [5.41, 5.74) is 0. The summed E-state index contributed by atoms with van der Waals surface area (Å²) in [4.78, 5) is 24.8. The van der Waals surface area contributed by atoms with Crippen molar-refractivity contribution in [1.82, 2.24) is 4.90 Å². The summed E-state index contributed by atoms with van der Waals surface area (Å²) in [5.74, 6) is 0.775. The highest BCUT2D eigenvalue weighted by molar-refractivity contribution is 7.99. The number of methoxy groups -OCH3 is 2. The van der Waals surface area contributed by atoms with Crippen LogP contribution in [0.2, 0.25) is 0 Å². The monoisotopic (exact) mass is 277 g/mol. The van der Waals surface area contributed by atoms with E-state index in [0.717, 1.165) is 5.75 Å². The van der Waals surface area contributed by atoms with Crippen molar-refractivity contribution >= 4 is 23.6 Å². The molecule has 0 aromatic heterocycles. The molecule has 1 saturated heterocycles. The fraction of sp³-hybridized carbons (Fsp3) is 0.818. The lowest BCUT2D eigenvalue weighted by Gasteiger charge is -2.31. The number of ether oxygens (including phenoxy) is 3. The van der Waals surface area contributed by atoms with E-state index in [-0.39, 0.29) is 12.5 Å². The molecule has 1 unspecified atom stereocenters. The zero-order chi connectivity index (χ0) is 13.4. The highest BCUT2D eigenvalue weighted by Crippen LogP contribution is 2.09. The third-order valence-corrected chi connectivity index (χ3v) is 3.45. The van der Waals surface area contributed by atoms with Crippen molar-refractivity contribution < 1.29 is 23.8 Å². The first-order valence-corrected chi connectivity index (χ1v) is 6.88. The maximum absolute atomic E-state index is 11.9. The Labute approximate surface area is 111 Å². The summed E-state index contributed by atoms with van der Waals surface area (Å²) in [6, 6.07) is 0. The topological polar surface area (TPSA) is 65.1 Å². The average molecular weight is 277 g/mol. The van der Waals surface area contributed by atoms with Crippen LogP contribution in [0.15, 0.2) is 0 Å². The van der Waals surface area contributed by atoms with E-state index in [1.165, 1.54) is 18.9 Å². The van der Waals surface area contributed by atoms with E-state index in [1.807, 2.05) is 0 Å². The molecule has 0 saturated carbocycles. The second-order valence-corrected chi connectivity index (χ2v) is 4.87. The first kappa shape index (κ1) is 15.3. The molecule has 1 fully saturated rings. The Kier molecular flexibility index (Phi) is 7.07. The third-order valence-electron chi connectivity index (χ3n) is 2.54. The molecular weight excluding hydrogens is 258 g/mol. The molecule has 1 amide bonds. The fourth-order valence-electron chi connectivity index (χ4n) is 1.54. The van der Waals surface area contributed by atoms with E-state index in [0.29, 0.717) is 25.5 Å². The van der Waals surface area contributed by atoms with E-state index in [2.05, 4.69) is 4.74 Å². The molecule has 1 rings (SSSR count). The second-order valence-electron chi connectivity index (χ2n) is 3.77. The molecule has 0 bridgehead atoms. The molecule has 1 aliphatic heterocycles. The van der Waals surface area contributed by atoms with Gasteiger partial charge < -0.3 is 19.1 Å². The SMILES string of the molecule is COCCSCC(=O)N1CCOC(C(=O)OC)C1. The Morgan fingerprint density at radius 2 is 2.22 bits per heavy atom. The van der Waals surface area contributed by atoms with E-state index >= 15 is 0 Å². The summed E-state index contributed by atoms with van der Waals surface area (Å²) in [6.07, 6.45) is -0.656. The molecule has 1 aliphatic rings. The van der Waals surface area contributed by atoms with Crippen molar-refractivity contribution in [2.45, 2.75) is 6.10 Å².